The van der Waals surface area contributed by atoms with Crippen LogP contribution in [0, 0.1) is 17.2 Å². The maximum Gasteiger partial charge on any atom is 0.314 e. The van der Waals surface area contributed by atoms with Crippen LogP contribution in [0.15, 0.2) is 17.0 Å². The lowest BCUT2D eigenvalue weighted by Gasteiger charge is -2.40. The molecule has 4 rings (SSSR count). The molecule has 1 saturated carbocycles. The molecule has 0 unspecified atom stereocenters. The Kier molecular flexibility index (Phi) is 5.80. The molecule has 7 nitrogen and oxygen atoms in total. The molecule has 1 aromatic heterocycles. The predicted octanol–water partition coefficient (Wildman–Crippen LogP) is 6.66. The van der Waals surface area contributed by atoms with Crippen LogP contribution in [0.3, 0.4) is 0 Å². The van der Waals surface area contributed by atoms with Gasteiger partial charge >= 0.3 is 16.2 Å². The van der Waals surface area contributed by atoms with Gasteiger partial charge in [0.15, 0.2) is 5.69 Å². The van der Waals surface area contributed by atoms with Crippen LogP contribution >= 0.6 is 33.4 Å². The Bertz CT molecular complexity index is 1230. The third kappa shape index (κ3) is 4.89. The number of anilines is 1. The number of carboxylic acids is 1. The number of aliphatic carboxylic acids is 1. The van der Waals surface area contributed by atoms with E-state index in [1.54, 1.807) is 0 Å². The Balaban J connectivity index is 1.89. The van der Waals surface area contributed by atoms with Gasteiger partial charge in [-0.05, 0) is 43.7 Å². The lowest BCUT2D eigenvalue weighted by atomic mass is 9.95. The van der Waals surface area contributed by atoms with Gasteiger partial charge in [0.25, 0.3) is 0 Å². The average Bonchev–Trinajstić information content (AvgIpc) is 3.47. The van der Waals surface area contributed by atoms with E-state index in [1.807, 2.05) is 6.07 Å². The number of halogens is 7. The summed E-state index contributed by atoms with van der Waals surface area (Å²) in [4.78, 5) is 9.79. The largest absolute Gasteiger partial charge is 0.481 e. The van der Waals surface area contributed by atoms with Gasteiger partial charge in [-0.2, -0.15) is 10.4 Å². The number of carbonyl (C=O) groups is 1. The average molecular weight is 561 g/mol. The van der Waals surface area contributed by atoms with Crippen molar-refractivity contribution in [3.05, 3.63) is 33.4 Å². The fourth-order valence-corrected chi connectivity index (χ4v) is 5.59. The van der Waals surface area contributed by atoms with Crippen LogP contribution in [0.4, 0.5) is 25.2 Å². The quantitative estimate of drug-likeness (QED) is 0.367. The highest BCUT2D eigenvalue weighted by molar-refractivity contribution is 8.45. The van der Waals surface area contributed by atoms with Crippen LogP contribution in [-0.4, -0.2) is 40.6 Å². The lowest BCUT2D eigenvalue weighted by Crippen LogP contribution is -2.26. The van der Waals surface area contributed by atoms with Crippen LogP contribution < -0.4 is 5.32 Å². The number of hydrogen-bond donors (Lipinski definition) is 2. The van der Waals surface area contributed by atoms with Gasteiger partial charge in [0, 0.05) is 19.8 Å². The van der Waals surface area contributed by atoms with Gasteiger partial charge < -0.3 is 15.2 Å². The van der Waals surface area contributed by atoms with Crippen LogP contribution in [-0.2, 0) is 14.9 Å². The first-order chi connectivity index (χ1) is 16.1. The molecular formula is C20H19Cl2F5N4O3S. The maximum absolute atomic E-state index is 13.4. The number of ether oxygens (including phenoxy) is 1. The Labute approximate surface area is 206 Å². The van der Waals surface area contributed by atoms with Crippen molar-refractivity contribution in [2.24, 2.45) is 5.92 Å². The van der Waals surface area contributed by atoms with Crippen molar-refractivity contribution < 1.29 is 34.1 Å². The zero-order chi connectivity index (χ0) is 25.9. The number of rotatable bonds is 7. The summed E-state index contributed by atoms with van der Waals surface area (Å²) in [7, 11) is -10.1. The van der Waals surface area contributed by atoms with E-state index >= 15 is 0 Å². The number of nitrogens with one attached hydrogen (secondary N) is 1. The predicted molar refractivity (Wildman–Crippen MR) is 120 cm³/mol. The number of aromatic nitrogens is 2. The topological polar surface area (TPSA) is 100 Å². The first-order valence-corrected chi connectivity index (χ1v) is 13.1. The Morgan fingerprint density at radius 2 is 1.80 bits per heavy atom. The molecule has 0 amide bonds. The smallest absolute Gasteiger partial charge is 0.314 e. The van der Waals surface area contributed by atoms with Crippen molar-refractivity contribution >= 4 is 45.2 Å². The van der Waals surface area contributed by atoms with Crippen LogP contribution in [0.2, 0.25) is 10.0 Å². The number of carboxylic acid groups (broad SMARTS) is 1. The van der Waals surface area contributed by atoms with E-state index in [4.69, 9.17) is 27.9 Å². The number of nitrogens with zero attached hydrogens (tertiary/aromatic N) is 3. The second-order valence-corrected chi connectivity index (χ2v) is 11.8. The van der Waals surface area contributed by atoms with Gasteiger partial charge in [0.1, 0.15) is 22.5 Å². The highest BCUT2D eigenvalue weighted by Crippen LogP contribution is 3.02. The fourth-order valence-electron chi connectivity index (χ4n) is 4.13. The molecule has 1 aromatic carbocycles. The summed E-state index contributed by atoms with van der Waals surface area (Å²) >= 11 is 12.0. The van der Waals surface area contributed by atoms with Crippen molar-refractivity contribution in [2.75, 3.05) is 25.1 Å². The van der Waals surface area contributed by atoms with Crippen molar-refractivity contribution in [2.45, 2.75) is 36.0 Å². The summed E-state index contributed by atoms with van der Waals surface area (Å²) < 4.78 is 73.0. The normalized spacial score (nSPS) is 19.9. The minimum absolute atomic E-state index is 0.0110. The maximum atomic E-state index is 13.4. The molecule has 2 aromatic rings. The van der Waals surface area contributed by atoms with E-state index in [1.165, 1.54) is 0 Å². The van der Waals surface area contributed by atoms with Gasteiger partial charge in [-0.1, -0.05) is 42.6 Å². The first kappa shape index (κ1) is 25.8. The van der Waals surface area contributed by atoms with Crippen molar-refractivity contribution in [1.29, 1.82) is 5.26 Å². The van der Waals surface area contributed by atoms with Crippen molar-refractivity contribution in [1.82, 2.24) is 9.78 Å². The molecule has 1 saturated heterocycles. The minimum Gasteiger partial charge on any atom is -0.481 e. The molecule has 15 heteroatoms. The van der Waals surface area contributed by atoms with E-state index in [9.17, 15) is 34.6 Å². The second-order valence-electron chi connectivity index (χ2n) is 8.62. The minimum atomic E-state index is -10.1. The fraction of sp³-hybridized carbons (Fsp3) is 0.450. The molecular weight excluding hydrogens is 542 g/mol. The molecule has 35 heavy (non-hydrogen) atoms. The molecule has 2 N–H and O–H groups in total. The van der Waals surface area contributed by atoms with E-state index in [2.05, 4.69) is 10.4 Å². The van der Waals surface area contributed by atoms with E-state index in [-0.39, 0.29) is 48.0 Å². The highest BCUT2D eigenvalue weighted by Gasteiger charge is 2.65. The molecule has 2 fully saturated rings. The van der Waals surface area contributed by atoms with Gasteiger partial charge in [-0.3, -0.25) is 4.79 Å². The standard InChI is InChI=1S/C20H19Cl2F5N4O3S/c21-13-7-12(35(23,24,25,26)27)8-14(22)17(13)31-18(29-10-11-1-5-34-6-2-11)16(15(9-28)30-31)20(3-4-20)19(32)33/h7-8,11,29H,1-6,10H2,(H,32,33). The van der Waals surface area contributed by atoms with Gasteiger partial charge in [-0.25, -0.2) is 4.68 Å². The Morgan fingerprint density at radius 1 is 1.23 bits per heavy atom. The summed E-state index contributed by atoms with van der Waals surface area (Å²) in [5.74, 6) is -1.07. The molecule has 0 spiro atoms. The van der Waals surface area contributed by atoms with Crippen molar-refractivity contribution in [3.63, 3.8) is 0 Å². The number of benzene rings is 1. The second kappa shape index (κ2) is 7.86. The SMILES string of the molecule is N#Cc1nn(-c2c(Cl)cc(S(F)(F)(F)(F)F)cc2Cl)c(NCC2CCOCC2)c1C1(C(=O)O)CC1. The number of hydrogen-bond acceptors (Lipinski definition) is 5. The third-order valence-corrected chi connectivity index (χ3v) is 7.88. The first-order valence-electron chi connectivity index (χ1n) is 10.4. The molecule has 192 valence electrons. The zero-order valence-electron chi connectivity index (χ0n) is 17.8. The Morgan fingerprint density at radius 3 is 2.26 bits per heavy atom. The van der Waals surface area contributed by atoms with Crippen LogP contribution in [0.1, 0.15) is 36.9 Å². The summed E-state index contributed by atoms with van der Waals surface area (Å²) in [6, 6.07) is 1.91. The summed E-state index contributed by atoms with van der Waals surface area (Å²) in [6.07, 6.45) is 1.82. The van der Waals surface area contributed by atoms with E-state index in [0.717, 1.165) is 4.68 Å². The van der Waals surface area contributed by atoms with Crippen LogP contribution in [0.25, 0.3) is 5.69 Å². The van der Waals surface area contributed by atoms with E-state index in [0.29, 0.717) is 32.6 Å². The van der Waals surface area contributed by atoms with Gasteiger partial charge in [0.2, 0.25) is 0 Å². The molecule has 2 heterocycles. The lowest BCUT2D eigenvalue weighted by molar-refractivity contribution is -0.140. The third-order valence-electron chi connectivity index (χ3n) is 6.18. The number of nitriles is 1. The summed E-state index contributed by atoms with van der Waals surface area (Å²) in [5, 5.41) is 25.1. The van der Waals surface area contributed by atoms with Crippen LogP contribution in [0.5, 0.6) is 0 Å². The van der Waals surface area contributed by atoms with E-state index < -0.39 is 42.2 Å². The molecule has 0 bridgehead atoms. The highest BCUT2D eigenvalue weighted by atomic mass is 35.5. The van der Waals surface area contributed by atoms with Gasteiger partial charge in [0.05, 0.1) is 21.0 Å². The monoisotopic (exact) mass is 560 g/mol. The van der Waals surface area contributed by atoms with Gasteiger partial charge in [-0.15, -0.1) is 0 Å². The zero-order valence-corrected chi connectivity index (χ0v) is 20.2. The molecule has 1 aliphatic carbocycles. The molecule has 0 atom stereocenters. The van der Waals surface area contributed by atoms with Crippen molar-refractivity contribution in [3.8, 4) is 11.8 Å². The molecule has 0 radical (unpaired) electrons. The molecule has 2 aliphatic rings. The molecule has 1 aliphatic heterocycles. The summed E-state index contributed by atoms with van der Waals surface area (Å²) in [5.41, 5.74) is -2.06. The Hall–Kier alpha value is -2.27. The summed E-state index contributed by atoms with van der Waals surface area (Å²) in [6.45, 7) is 1.35.